The Kier molecular flexibility index (Phi) is 3.79. The van der Waals surface area contributed by atoms with Crippen molar-refractivity contribution in [2.45, 2.75) is 37.2 Å². The van der Waals surface area contributed by atoms with Crippen molar-refractivity contribution in [2.75, 3.05) is 7.05 Å². The Morgan fingerprint density at radius 2 is 2.11 bits per heavy atom. The Balaban J connectivity index is 2.11. The number of hydrogen-bond donors (Lipinski definition) is 2. The fraction of sp³-hybridized carbons (Fsp3) is 0.667. The first kappa shape index (κ1) is 13.6. The van der Waals surface area contributed by atoms with Crippen molar-refractivity contribution >= 4 is 10.0 Å². The zero-order valence-corrected chi connectivity index (χ0v) is 11.9. The topological polar surface area (TPSA) is 63.1 Å². The van der Waals surface area contributed by atoms with E-state index in [-0.39, 0.29) is 6.04 Å². The van der Waals surface area contributed by atoms with Gasteiger partial charge in [-0.15, -0.1) is 0 Å². The molecule has 1 aromatic rings. The van der Waals surface area contributed by atoms with E-state index in [9.17, 15) is 8.42 Å². The highest BCUT2D eigenvalue weighted by Gasteiger charge is 2.30. The molecule has 0 atom stereocenters. The van der Waals surface area contributed by atoms with E-state index in [0.717, 1.165) is 18.5 Å². The smallest absolute Gasteiger partial charge is 0.242 e. The molecule has 0 aromatic carbocycles. The summed E-state index contributed by atoms with van der Waals surface area (Å²) in [5.41, 5.74) is 0.958. The molecule has 1 saturated carbocycles. The standard InChI is InChI=1S/C12H21N3O2S/c1-9-4-10(5-9)14-18(16,17)12-6-11(7-13-2)15(3)8-12/h6,8-10,13-14H,4-5,7H2,1-3H3. The molecule has 1 aromatic heterocycles. The summed E-state index contributed by atoms with van der Waals surface area (Å²) in [5, 5.41) is 3.02. The van der Waals surface area contributed by atoms with Crippen LogP contribution in [0.5, 0.6) is 0 Å². The fourth-order valence-electron chi connectivity index (χ4n) is 2.37. The van der Waals surface area contributed by atoms with Crippen LogP contribution in [0.25, 0.3) is 0 Å². The third kappa shape index (κ3) is 2.76. The van der Waals surface area contributed by atoms with Gasteiger partial charge in [0.05, 0.1) is 4.90 Å². The van der Waals surface area contributed by atoms with E-state index in [1.165, 1.54) is 0 Å². The van der Waals surface area contributed by atoms with Gasteiger partial charge in [0.25, 0.3) is 0 Å². The molecule has 0 aliphatic heterocycles. The molecule has 2 N–H and O–H groups in total. The summed E-state index contributed by atoms with van der Waals surface area (Å²) in [6, 6.07) is 1.83. The Bertz CT molecular complexity index is 515. The predicted molar refractivity (Wildman–Crippen MR) is 70.7 cm³/mol. The van der Waals surface area contributed by atoms with E-state index in [1.54, 1.807) is 12.3 Å². The molecule has 0 saturated heterocycles. The lowest BCUT2D eigenvalue weighted by atomic mass is 9.83. The second-order valence-electron chi connectivity index (χ2n) is 5.20. The molecule has 1 heterocycles. The first-order valence-electron chi connectivity index (χ1n) is 6.24. The van der Waals surface area contributed by atoms with Crippen LogP contribution in [0.1, 0.15) is 25.5 Å². The molecule has 0 unspecified atom stereocenters. The molecule has 0 amide bonds. The summed E-state index contributed by atoms with van der Waals surface area (Å²) in [5.74, 6) is 0.633. The predicted octanol–water partition coefficient (Wildman–Crippen LogP) is 0.821. The first-order valence-corrected chi connectivity index (χ1v) is 7.73. The molecule has 1 aliphatic carbocycles. The van der Waals surface area contributed by atoms with Gasteiger partial charge in [0.1, 0.15) is 0 Å². The summed E-state index contributed by atoms with van der Waals surface area (Å²) in [6.45, 7) is 2.80. The lowest BCUT2D eigenvalue weighted by molar-refractivity contribution is 0.270. The normalized spacial score (nSPS) is 23.9. The number of nitrogens with zero attached hydrogens (tertiary/aromatic N) is 1. The first-order chi connectivity index (χ1) is 8.42. The molecule has 5 nitrogen and oxygen atoms in total. The molecular weight excluding hydrogens is 250 g/mol. The molecule has 0 radical (unpaired) electrons. The average molecular weight is 271 g/mol. The lowest BCUT2D eigenvalue weighted by Crippen LogP contribution is -2.43. The Morgan fingerprint density at radius 3 is 2.67 bits per heavy atom. The van der Waals surface area contributed by atoms with Crippen molar-refractivity contribution in [1.29, 1.82) is 0 Å². The minimum Gasteiger partial charge on any atom is -0.352 e. The number of nitrogens with one attached hydrogen (secondary N) is 2. The maximum absolute atomic E-state index is 12.2. The van der Waals surface area contributed by atoms with Gasteiger partial charge >= 0.3 is 0 Å². The molecule has 0 bridgehead atoms. The average Bonchev–Trinajstić information content (AvgIpc) is 2.59. The van der Waals surface area contributed by atoms with Crippen LogP contribution in [0.2, 0.25) is 0 Å². The van der Waals surface area contributed by atoms with Crippen LogP contribution >= 0.6 is 0 Å². The monoisotopic (exact) mass is 271 g/mol. The summed E-state index contributed by atoms with van der Waals surface area (Å²) in [4.78, 5) is 0.356. The van der Waals surface area contributed by atoms with Crippen molar-refractivity contribution in [3.8, 4) is 0 Å². The van der Waals surface area contributed by atoms with Crippen molar-refractivity contribution in [2.24, 2.45) is 13.0 Å². The summed E-state index contributed by atoms with van der Waals surface area (Å²) >= 11 is 0. The van der Waals surface area contributed by atoms with Gasteiger partial charge in [-0.25, -0.2) is 13.1 Å². The number of aryl methyl sites for hydroxylation is 1. The second kappa shape index (κ2) is 5.03. The van der Waals surface area contributed by atoms with Gasteiger partial charge in [0.2, 0.25) is 10.0 Å². The van der Waals surface area contributed by atoms with Gasteiger partial charge in [-0.1, -0.05) is 6.92 Å². The van der Waals surface area contributed by atoms with E-state index in [4.69, 9.17) is 0 Å². The fourth-order valence-corrected chi connectivity index (χ4v) is 3.72. The van der Waals surface area contributed by atoms with Crippen LogP contribution in [0, 0.1) is 5.92 Å². The third-order valence-electron chi connectivity index (χ3n) is 3.45. The van der Waals surface area contributed by atoms with Crippen LogP contribution in [-0.4, -0.2) is 26.1 Å². The summed E-state index contributed by atoms with van der Waals surface area (Å²) < 4.78 is 28.9. The number of hydrogen-bond acceptors (Lipinski definition) is 3. The van der Waals surface area contributed by atoms with E-state index in [0.29, 0.717) is 17.4 Å². The number of rotatable bonds is 5. The Hall–Kier alpha value is -0.850. The van der Waals surface area contributed by atoms with Gasteiger partial charge in [-0.3, -0.25) is 0 Å². The largest absolute Gasteiger partial charge is 0.352 e. The minimum atomic E-state index is -3.36. The Morgan fingerprint density at radius 1 is 1.44 bits per heavy atom. The highest BCUT2D eigenvalue weighted by Crippen LogP contribution is 2.28. The van der Waals surface area contributed by atoms with Crippen LogP contribution < -0.4 is 10.0 Å². The molecular formula is C12H21N3O2S. The quantitative estimate of drug-likeness (QED) is 0.833. The highest BCUT2D eigenvalue weighted by molar-refractivity contribution is 7.89. The molecule has 18 heavy (non-hydrogen) atoms. The van der Waals surface area contributed by atoms with Gasteiger partial charge in [0.15, 0.2) is 0 Å². The van der Waals surface area contributed by atoms with Crippen molar-refractivity contribution in [1.82, 2.24) is 14.6 Å². The summed E-state index contributed by atoms with van der Waals surface area (Å²) in [6.07, 6.45) is 3.54. The maximum Gasteiger partial charge on any atom is 0.242 e. The van der Waals surface area contributed by atoms with E-state index < -0.39 is 10.0 Å². The van der Waals surface area contributed by atoms with Crippen molar-refractivity contribution < 1.29 is 8.42 Å². The highest BCUT2D eigenvalue weighted by atomic mass is 32.2. The Labute approximate surface area is 109 Å². The van der Waals surface area contributed by atoms with Gasteiger partial charge in [0, 0.05) is 31.5 Å². The molecule has 2 rings (SSSR count). The molecule has 0 spiro atoms. The number of sulfonamides is 1. The van der Waals surface area contributed by atoms with Crippen LogP contribution in [0.4, 0.5) is 0 Å². The minimum absolute atomic E-state index is 0.109. The zero-order chi connectivity index (χ0) is 13.3. The van der Waals surface area contributed by atoms with Crippen molar-refractivity contribution in [3.05, 3.63) is 18.0 Å². The van der Waals surface area contributed by atoms with Crippen molar-refractivity contribution in [3.63, 3.8) is 0 Å². The molecule has 6 heteroatoms. The van der Waals surface area contributed by atoms with E-state index in [2.05, 4.69) is 17.0 Å². The molecule has 1 aliphatic rings. The molecule has 1 fully saturated rings. The SMILES string of the molecule is CNCc1cc(S(=O)(=O)NC2CC(C)C2)cn1C. The third-order valence-corrected chi connectivity index (χ3v) is 4.93. The van der Waals surface area contributed by atoms with Crippen LogP contribution in [0.3, 0.4) is 0 Å². The van der Waals surface area contributed by atoms with E-state index >= 15 is 0 Å². The van der Waals surface area contributed by atoms with Gasteiger partial charge < -0.3 is 9.88 Å². The van der Waals surface area contributed by atoms with Crippen LogP contribution in [-0.2, 0) is 23.6 Å². The lowest BCUT2D eigenvalue weighted by Gasteiger charge is -2.32. The molecule has 102 valence electrons. The van der Waals surface area contributed by atoms with Gasteiger partial charge in [-0.2, -0.15) is 0 Å². The zero-order valence-electron chi connectivity index (χ0n) is 11.1. The number of aromatic nitrogens is 1. The van der Waals surface area contributed by atoms with E-state index in [1.807, 2.05) is 18.7 Å². The second-order valence-corrected chi connectivity index (χ2v) is 6.92. The maximum atomic E-state index is 12.2. The van der Waals surface area contributed by atoms with Gasteiger partial charge in [-0.05, 0) is 31.9 Å². The summed E-state index contributed by atoms with van der Waals surface area (Å²) in [7, 11) is 0.338. The van der Waals surface area contributed by atoms with Crippen LogP contribution in [0.15, 0.2) is 17.2 Å².